The Labute approximate surface area is 150 Å². The molecule has 1 aliphatic heterocycles. The van der Waals surface area contributed by atoms with E-state index in [0.717, 1.165) is 35.5 Å². The predicted octanol–water partition coefficient (Wildman–Crippen LogP) is 5.28. The van der Waals surface area contributed by atoms with Crippen molar-refractivity contribution in [3.05, 3.63) is 52.5 Å². The number of hydrogen-bond acceptors (Lipinski definition) is 4. The van der Waals surface area contributed by atoms with Crippen molar-refractivity contribution in [2.45, 2.75) is 12.8 Å². The number of rotatable bonds is 3. The van der Waals surface area contributed by atoms with Gasteiger partial charge in [-0.05, 0) is 43.2 Å². The number of fused-ring (bicyclic) bond motifs is 1. The average molecular weight is 359 g/mol. The fourth-order valence-corrected chi connectivity index (χ4v) is 3.45. The van der Waals surface area contributed by atoms with Crippen molar-refractivity contribution >= 4 is 51.6 Å². The lowest BCUT2D eigenvalue weighted by Crippen LogP contribution is -2.20. The van der Waals surface area contributed by atoms with E-state index in [0.29, 0.717) is 16.0 Å². The van der Waals surface area contributed by atoms with Gasteiger partial charge in [-0.3, -0.25) is 0 Å². The van der Waals surface area contributed by atoms with Crippen LogP contribution in [-0.4, -0.2) is 23.1 Å². The Hall–Kier alpha value is -2.04. The molecule has 4 nitrogen and oxygen atoms in total. The van der Waals surface area contributed by atoms with E-state index in [-0.39, 0.29) is 0 Å². The third-order valence-corrected chi connectivity index (χ3v) is 4.71. The molecule has 1 saturated heterocycles. The second-order valence-corrected chi connectivity index (χ2v) is 6.67. The van der Waals surface area contributed by atoms with Crippen LogP contribution in [0, 0.1) is 0 Å². The molecule has 0 bridgehead atoms. The molecule has 0 atom stereocenters. The molecule has 122 valence electrons. The monoisotopic (exact) mass is 358 g/mol. The normalized spacial score (nSPS) is 14.3. The van der Waals surface area contributed by atoms with Crippen molar-refractivity contribution in [3.63, 3.8) is 0 Å². The Kier molecular flexibility index (Phi) is 4.17. The fraction of sp³-hybridized carbons (Fsp3) is 0.222. The van der Waals surface area contributed by atoms with Crippen molar-refractivity contribution in [3.8, 4) is 0 Å². The third-order valence-electron chi connectivity index (χ3n) is 4.17. The van der Waals surface area contributed by atoms with Crippen LogP contribution in [0.3, 0.4) is 0 Å². The molecule has 2 heterocycles. The quantitative estimate of drug-likeness (QED) is 0.691. The van der Waals surface area contributed by atoms with Gasteiger partial charge in [-0.25, -0.2) is 4.98 Å². The summed E-state index contributed by atoms with van der Waals surface area (Å²) in [6.45, 7) is 2.06. The van der Waals surface area contributed by atoms with E-state index in [2.05, 4.69) is 21.3 Å². The van der Waals surface area contributed by atoms with Crippen molar-refractivity contribution in [1.82, 2.24) is 9.97 Å². The van der Waals surface area contributed by atoms with Crippen LogP contribution >= 0.6 is 23.2 Å². The predicted molar refractivity (Wildman–Crippen MR) is 101 cm³/mol. The molecule has 0 amide bonds. The van der Waals surface area contributed by atoms with Crippen molar-refractivity contribution in [2.24, 2.45) is 0 Å². The number of halogens is 2. The zero-order valence-electron chi connectivity index (χ0n) is 13.0. The number of aromatic nitrogens is 2. The maximum Gasteiger partial charge on any atom is 0.229 e. The summed E-state index contributed by atoms with van der Waals surface area (Å²) in [5.74, 6) is 1.52. The Bertz CT molecular complexity index is 891. The first-order valence-corrected chi connectivity index (χ1v) is 8.70. The molecule has 0 spiro atoms. The molecule has 3 aromatic rings. The van der Waals surface area contributed by atoms with E-state index in [1.807, 2.05) is 24.3 Å². The highest BCUT2D eigenvalue weighted by Gasteiger charge is 2.18. The summed E-state index contributed by atoms with van der Waals surface area (Å²) in [5.41, 5.74) is 1.66. The molecule has 0 radical (unpaired) electrons. The summed E-state index contributed by atoms with van der Waals surface area (Å²) in [6, 6.07) is 13.4. The van der Waals surface area contributed by atoms with Gasteiger partial charge in [-0.1, -0.05) is 35.3 Å². The van der Waals surface area contributed by atoms with Gasteiger partial charge in [0.1, 0.15) is 5.82 Å². The van der Waals surface area contributed by atoms with E-state index in [9.17, 15) is 0 Å². The maximum atomic E-state index is 6.25. The van der Waals surface area contributed by atoms with E-state index in [4.69, 9.17) is 28.2 Å². The number of nitrogens with zero attached hydrogens (tertiary/aromatic N) is 3. The lowest BCUT2D eigenvalue weighted by atomic mass is 10.2. The zero-order chi connectivity index (χ0) is 16.5. The number of benzene rings is 2. The largest absolute Gasteiger partial charge is 0.356 e. The second kappa shape index (κ2) is 6.46. The minimum absolute atomic E-state index is 0.542. The van der Waals surface area contributed by atoms with E-state index >= 15 is 0 Å². The van der Waals surface area contributed by atoms with Gasteiger partial charge in [0.05, 0.1) is 16.2 Å². The molecule has 1 aromatic heterocycles. The number of hydrogen-bond donors (Lipinski definition) is 1. The highest BCUT2D eigenvalue weighted by molar-refractivity contribution is 6.36. The van der Waals surface area contributed by atoms with Gasteiger partial charge in [0.25, 0.3) is 0 Å². The first-order chi connectivity index (χ1) is 11.7. The summed E-state index contributed by atoms with van der Waals surface area (Å²) in [6.07, 6.45) is 2.40. The molecular weight excluding hydrogens is 343 g/mol. The lowest BCUT2D eigenvalue weighted by molar-refractivity contribution is 0.941. The number of para-hydroxylation sites is 1. The van der Waals surface area contributed by atoms with Crippen LogP contribution < -0.4 is 10.2 Å². The van der Waals surface area contributed by atoms with E-state index < -0.39 is 0 Å². The van der Waals surface area contributed by atoms with E-state index in [1.165, 1.54) is 12.8 Å². The SMILES string of the molecule is Clc1ccc(Nc2nc(N3CCCC3)c3ccccc3n2)c(Cl)c1. The Morgan fingerprint density at radius 3 is 2.54 bits per heavy atom. The smallest absolute Gasteiger partial charge is 0.229 e. The summed E-state index contributed by atoms with van der Waals surface area (Å²) in [4.78, 5) is 11.7. The minimum atomic E-state index is 0.542. The topological polar surface area (TPSA) is 41.1 Å². The van der Waals surface area contributed by atoms with Crippen LogP contribution in [0.15, 0.2) is 42.5 Å². The van der Waals surface area contributed by atoms with Crippen molar-refractivity contribution in [2.75, 3.05) is 23.3 Å². The highest BCUT2D eigenvalue weighted by atomic mass is 35.5. The molecule has 0 unspecified atom stereocenters. The molecule has 6 heteroatoms. The van der Waals surface area contributed by atoms with Crippen LogP contribution in [0.4, 0.5) is 17.5 Å². The lowest BCUT2D eigenvalue weighted by Gasteiger charge is -2.19. The van der Waals surface area contributed by atoms with Gasteiger partial charge in [0.15, 0.2) is 0 Å². The van der Waals surface area contributed by atoms with Crippen molar-refractivity contribution in [1.29, 1.82) is 0 Å². The third kappa shape index (κ3) is 2.99. The minimum Gasteiger partial charge on any atom is -0.356 e. The maximum absolute atomic E-state index is 6.25. The Morgan fingerprint density at radius 2 is 1.75 bits per heavy atom. The molecule has 0 aliphatic carbocycles. The van der Waals surface area contributed by atoms with Crippen LogP contribution in [-0.2, 0) is 0 Å². The summed E-state index contributed by atoms with van der Waals surface area (Å²) in [5, 5.41) is 5.44. The zero-order valence-corrected chi connectivity index (χ0v) is 14.5. The van der Waals surface area contributed by atoms with Crippen LogP contribution in [0.1, 0.15) is 12.8 Å². The van der Waals surface area contributed by atoms with Crippen molar-refractivity contribution < 1.29 is 0 Å². The molecule has 24 heavy (non-hydrogen) atoms. The fourth-order valence-electron chi connectivity index (χ4n) is 3.00. The van der Waals surface area contributed by atoms with Gasteiger partial charge < -0.3 is 10.2 Å². The Balaban J connectivity index is 1.78. The van der Waals surface area contributed by atoms with Gasteiger partial charge >= 0.3 is 0 Å². The molecule has 4 rings (SSSR count). The van der Waals surface area contributed by atoms with Gasteiger partial charge in [-0.2, -0.15) is 4.98 Å². The van der Waals surface area contributed by atoms with Crippen LogP contribution in [0.2, 0.25) is 10.0 Å². The standard InChI is InChI=1S/C18H16Cl2N4/c19-12-7-8-16(14(20)11-12)22-18-21-15-6-2-1-5-13(15)17(23-18)24-9-3-4-10-24/h1-2,5-8,11H,3-4,9-10H2,(H,21,22,23). The first-order valence-electron chi connectivity index (χ1n) is 7.94. The van der Waals surface area contributed by atoms with Crippen LogP contribution in [0.25, 0.3) is 10.9 Å². The molecule has 1 N–H and O–H groups in total. The summed E-state index contributed by atoms with van der Waals surface area (Å²) < 4.78 is 0. The molecule has 1 aliphatic rings. The van der Waals surface area contributed by atoms with Gasteiger partial charge in [0, 0.05) is 23.5 Å². The van der Waals surface area contributed by atoms with E-state index in [1.54, 1.807) is 12.1 Å². The number of anilines is 3. The molecule has 0 saturated carbocycles. The molecule has 1 fully saturated rings. The summed E-state index contributed by atoms with van der Waals surface area (Å²) in [7, 11) is 0. The highest BCUT2D eigenvalue weighted by Crippen LogP contribution is 2.31. The average Bonchev–Trinajstić information content (AvgIpc) is 3.11. The van der Waals surface area contributed by atoms with Gasteiger partial charge in [0.2, 0.25) is 5.95 Å². The second-order valence-electron chi connectivity index (χ2n) is 5.83. The number of nitrogens with one attached hydrogen (secondary N) is 1. The molecule has 2 aromatic carbocycles. The molecular formula is C18H16Cl2N4. The summed E-state index contributed by atoms with van der Waals surface area (Å²) >= 11 is 12.2. The van der Waals surface area contributed by atoms with Gasteiger partial charge in [-0.15, -0.1) is 0 Å². The first kappa shape index (κ1) is 15.5. The van der Waals surface area contributed by atoms with Crippen LogP contribution in [0.5, 0.6) is 0 Å². The Morgan fingerprint density at radius 1 is 0.958 bits per heavy atom.